The number of nitrogen functional groups attached to an aromatic ring is 1. The highest BCUT2D eigenvalue weighted by molar-refractivity contribution is 5.78. The van der Waals surface area contributed by atoms with E-state index >= 15 is 0 Å². The molecule has 1 heterocycles. The van der Waals surface area contributed by atoms with E-state index in [-0.39, 0.29) is 11.9 Å². The molecule has 88 valence electrons. The number of rotatable bonds is 1. The number of aryl methyl sites for hydroxylation is 2. The maximum Gasteiger partial charge on any atom is 0.246 e. The van der Waals surface area contributed by atoms with Crippen LogP contribution in [0.1, 0.15) is 22.8 Å². The van der Waals surface area contributed by atoms with E-state index in [4.69, 9.17) is 5.73 Å². The second kappa shape index (κ2) is 4.01. The first-order valence-corrected chi connectivity index (χ1v) is 5.30. The molecule has 0 saturated carbocycles. The zero-order valence-corrected chi connectivity index (χ0v) is 10.1. The summed E-state index contributed by atoms with van der Waals surface area (Å²) in [5.74, 6) is 0.344. The summed E-state index contributed by atoms with van der Waals surface area (Å²) in [6.45, 7) is 5.45. The normalized spacial score (nSPS) is 10.5. The van der Waals surface area contributed by atoms with Crippen LogP contribution in [0, 0.1) is 13.8 Å². The Bertz CT molecular complexity index is 586. The largest absolute Gasteiger partial charge is 0.368 e. The molecule has 0 aliphatic rings. The number of anilines is 1. The first-order chi connectivity index (χ1) is 7.99. The smallest absolute Gasteiger partial charge is 0.246 e. The van der Waals surface area contributed by atoms with Crippen molar-refractivity contribution < 1.29 is 4.79 Å². The van der Waals surface area contributed by atoms with Gasteiger partial charge in [-0.2, -0.15) is 9.67 Å². The van der Waals surface area contributed by atoms with Crippen molar-refractivity contribution in [3.63, 3.8) is 0 Å². The molecule has 1 aromatic carbocycles. The average molecular weight is 230 g/mol. The molecule has 1 aromatic heterocycles. The number of benzene rings is 1. The van der Waals surface area contributed by atoms with Gasteiger partial charge in [0.15, 0.2) is 5.82 Å². The lowest BCUT2D eigenvalue weighted by molar-refractivity contribution is 0.0924. The summed E-state index contributed by atoms with van der Waals surface area (Å²) in [6, 6.07) is 5.89. The van der Waals surface area contributed by atoms with E-state index in [1.165, 1.54) is 12.5 Å². The maximum atomic E-state index is 11.2. The number of nitrogens with zero attached hydrogens (tertiary/aromatic N) is 3. The molecule has 0 aliphatic carbocycles. The molecule has 0 unspecified atom stereocenters. The number of carbonyl (C=O) groups is 1. The minimum absolute atomic E-state index is 0.116. The van der Waals surface area contributed by atoms with Gasteiger partial charge >= 0.3 is 0 Å². The summed E-state index contributed by atoms with van der Waals surface area (Å²) in [5.41, 5.74) is 8.83. The molecule has 0 radical (unpaired) electrons. The molecular weight excluding hydrogens is 216 g/mol. The molecule has 2 N–H and O–H groups in total. The van der Waals surface area contributed by atoms with Gasteiger partial charge in [0, 0.05) is 12.5 Å². The molecule has 2 rings (SSSR count). The number of hydrogen-bond acceptors (Lipinski definition) is 4. The van der Waals surface area contributed by atoms with Crippen molar-refractivity contribution in [2.24, 2.45) is 0 Å². The van der Waals surface area contributed by atoms with Gasteiger partial charge in [-0.1, -0.05) is 12.1 Å². The molecule has 0 atom stereocenters. The second-order valence-corrected chi connectivity index (χ2v) is 4.02. The molecule has 5 heteroatoms. The Labute approximate surface area is 99.3 Å². The van der Waals surface area contributed by atoms with Crippen LogP contribution in [-0.4, -0.2) is 20.7 Å². The first-order valence-electron chi connectivity index (χ1n) is 5.30. The van der Waals surface area contributed by atoms with Crippen LogP contribution in [0.4, 0.5) is 5.95 Å². The zero-order valence-electron chi connectivity index (χ0n) is 10.1. The van der Waals surface area contributed by atoms with Crippen LogP contribution in [0.3, 0.4) is 0 Å². The van der Waals surface area contributed by atoms with Gasteiger partial charge in [0.2, 0.25) is 11.9 Å². The molecule has 17 heavy (non-hydrogen) atoms. The predicted molar refractivity (Wildman–Crippen MR) is 65.6 cm³/mol. The summed E-state index contributed by atoms with van der Waals surface area (Å²) in [4.78, 5) is 15.3. The minimum Gasteiger partial charge on any atom is -0.368 e. The third kappa shape index (κ3) is 2.04. The van der Waals surface area contributed by atoms with Crippen molar-refractivity contribution in [1.82, 2.24) is 14.8 Å². The van der Waals surface area contributed by atoms with Gasteiger partial charge in [-0.15, -0.1) is 5.10 Å². The Hall–Kier alpha value is -2.17. The van der Waals surface area contributed by atoms with Gasteiger partial charge < -0.3 is 5.73 Å². The molecule has 0 bridgehead atoms. The number of carbonyl (C=O) groups excluding carboxylic acids is 1. The summed E-state index contributed by atoms with van der Waals surface area (Å²) in [6.07, 6.45) is 0. The standard InChI is InChI=1S/C12H14N4O/c1-7-4-5-10(6-8(7)2)11-14-12(13)16(15-11)9(3)17/h4-6H,1-3H3,(H2,13,14,15). The first kappa shape index (κ1) is 11.3. The van der Waals surface area contributed by atoms with Crippen molar-refractivity contribution in [2.45, 2.75) is 20.8 Å². The van der Waals surface area contributed by atoms with Crippen LogP contribution in [0.25, 0.3) is 11.4 Å². The van der Waals surface area contributed by atoms with Crippen LogP contribution >= 0.6 is 0 Å². The van der Waals surface area contributed by atoms with E-state index in [0.29, 0.717) is 5.82 Å². The lowest BCUT2D eigenvalue weighted by Crippen LogP contribution is -2.11. The monoisotopic (exact) mass is 230 g/mol. The molecule has 2 aromatic rings. The summed E-state index contributed by atoms with van der Waals surface area (Å²) in [7, 11) is 0. The van der Waals surface area contributed by atoms with Gasteiger partial charge in [-0.25, -0.2) is 0 Å². The lowest BCUT2D eigenvalue weighted by Gasteiger charge is -2.01. The van der Waals surface area contributed by atoms with Crippen molar-refractivity contribution in [3.05, 3.63) is 29.3 Å². The Morgan fingerprint density at radius 1 is 1.29 bits per heavy atom. The number of aromatic nitrogens is 3. The average Bonchev–Trinajstić information content (AvgIpc) is 2.64. The number of hydrogen-bond donors (Lipinski definition) is 1. The Morgan fingerprint density at radius 2 is 2.00 bits per heavy atom. The highest BCUT2D eigenvalue weighted by atomic mass is 16.2. The fourth-order valence-electron chi connectivity index (χ4n) is 1.56. The van der Waals surface area contributed by atoms with Crippen LogP contribution < -0.4 is 5.73 Å². The quantitative estimate of drug-likeness (QED) is 0.810. The topological polar surface area (TPSA) is 73.8 Å². The molecular formula is C12H14N4O. The molecule has 0 amide bonds. The zero-order chi connectivity index (χ0) is 12.6. The number of nitrogens with two attached hydrogens (primary N) is 1. The fraction of sp³-hybridized carbons (Fsp3) is 0.250. The molecule has 5 nitrogen and oxygen atoms in total. The van der Waals surface area contributed by atoms with Crippen LogP contribution in [0.15, 0.2) is 18.2 Å². The van der Waals surface area contributed by atoms with Crippen molar-refractivity contribution >= 4 is 11.9 Å². The van der Waals surface area contributed by atoms with Crippen LogP contribution in [0.5, 0.6) is 0 Å². The van der Waals surface area contributed by atoms with E-state index in [1.54, 1.807) is 0 Å². The van der Waals surface area contributed by atoms with Crippen LogP contribution in [-0.2, 0) is 0 Å². The van der Waals surface area contributed by atoms with Gasteiger partial charge in [-0.05, 0) is 31.0 Å². The van der Waals surface area contributed by atoms with Gasteiger partial charge in [-0.3, -0.25) is 4.79 Å². The minimum atomic E-state index is -0.245. The third-order valence-electron chi connectivity index (χ3n) is 2.70. The Kier molecular flexibility index (Phi) is 2.67. The maximum absolute atomic E-state index is 11.2. The predicted octanol–water partition coefficient (Wildman–Crippen LogP) is 1.80. The van der Waals surface area contributed by atoms with E-state index in [2.05, 4.69) is 10.1 Å². The van der Waals surface area contributed by atoms with E-state index in [0.717, 1.165) is 15.8 Å². The summed E-state index contributed by atoms with van der Waals surface area (Å²) in [5, 5.41) is 4.08. The Morgan fingerprint density at radius 3 is 2.53 bits per heavy atom. The third-order valence-corrected chi connectivity index (χ3v) is 2.70. The lowest BCUT2D eigenvalue weighted by atomic mass is 10.1. The fourth-order valence-corrected chi connectivity index (χ4v) is 1.56. The summed E-state index contributed by atoms with van der Waals surface area (Å²) < 4.78 is 1.10. The molecule has 0 fully saturated rings. The van der Waals surface area contributed by atoms with Gasteiger partial charge in [0.1, 0.15) is 0 Å². The molecule has 0 aliphatic heterocycles. The van der Waals surface area contributed by atoms with Crippen molar-refractivity contribution in [1.29, 1.82) is 0 Å². The van der Waals surface area contributed by atoms with E-state index in [9.17, 15) is 4.79 Å². The van der Waals surface area contributed by atoms with Gasteiger partial charge in [0.05, 0.1) is 0 Å². The second-order valence-electron chi connectivity index (χ2n) is 4.02. The SMILES string of the molecule is CC(=O)n1nc(-c2ccc(C)c(C)c2)nc1N. The highest BCUT2D eigenvalue weighted by Gasteiger charge is 2.12. The van der Waals surface area contributed by atoms with Crippen molar-refractivity contribution in [3.8, 4) is 11.4 Å². The van der Waals surface area contributed by atoms with E-state index in [1.807, 2.05) is 32.0 Å². The van der Waals surface area contributed by atoms with Crippen molar-refractivity contribution in [2.75, 3.05) is 5.73 Å². The molecule has 0 saturated heterocycles. The Balaban J connectivity index is 2.50. The van der Waals surface area contributed by atoms with Crippen LogP contribution in [0.2, 0.25) is 0 Å². The van der Waals surface area contributed by atoms with E-state index < -0.39 is 0 Å². The van der Waals surface area contributed by atoms with Gasteiger partial charge in [0.25, 0.3) is 0 Å². The highest BCUT2D eigenvalue weighted by Crippen LogP contribution is 2.19. The summed E-state index contributed by atoms with van der Waals surface area (Å²) >= 11 is 0. The molecule has 0 spiro atoms.